The van der Waals surface area contributed by atoms with Gasteiger partial charge in [0.1, 0.15) is 0 Å². The minimum Gasteiger partial charge on any atom is -0.338 e. The van der Waals surface area contributed by atoms with Crippen molar-refractivity contribution in [3.63, 3.8) is 0 Å². The fourth-order valence-corrected chi connectivity index (χ4v) is 5.18. The average molecular weight is 522 g/mol. The van der Waals surface area contributed by atoms with E-state index < -0.39 is 0 Å². The molecule has 1 saturated carbocycles. The van der Waals surface area contributed by atoms with Gasteiger partial charge in [0.05, 0.1) is 6.07 Å². The summed E-state index contributed by atoms with van der Waals surface area (Å²) in [5, 5.41) is 16.4. The molecule has 0 atom stereocenters. The minimum atomic E-state index is 0.0957. The van der Waals surface area contributed by atoms with Gasteiger partial charge in [-0.2, -0.15) is 20.2 Å². The van der Waals surface area contributed by atoms with Gasteiger partial charge in [-0.25, -0.2) is 4.98 Å². The Morgan fingerprint density at radius 3 is 2.61 bits per heavy atom. The number of hydrogen-bond donors (Lipinski definition) is 2. The third-order valence-corrected chi connectivity index (χ3v) is 7.62. The second-order valence-corrected chi connectivity index (χ2v) is 11.0. The summed E-state index contributed by atoms with van der Waals surface area (Å²) in [7, 11) is 0. The number of nitrogens with zero attached hydrogens (tertiary/aromatic N) is 7. The standard InChI is InChI=1S/C24H27N9OS2/c1-16-15-26-23(35-16)29-21-28-22(33-13-11-32(12-14-33)10-2-9-25)31-24(30-21)36-19-7-5-18(6-8-19)27-20(34)17-3-4-17/h5-8,15,17H,2-4,10-14H2,1H3,(H,27,34)(H,26,28,29,30,31). The molecule has 2 fully saturated rings. The van der Waals surface area contributed by atoms with E-state index >= 15 is 0 Å². The Labute approximate surface area is 218 Å². The SMILES string of the molecule is Cc1cnc(Nc2nc(Sc3ccc(NC(=O)C4CC4)cc3)nc(N3CCN(CCC#N)CC3)n2)s1. The Hall–Kier alpha value is -3.27. The van der Waals surface area contributed by atoms with E-state index in [0.29, 0.717) is 23.5 Å². The maximum absolute atomic E-state index is 12.0. The first-order chi connectivity index (χ1) is 17.6. The average Bonchev–Trinajstić information content (AvgIpc) is 3.66. The minimum absolute atomic E-state index is 0.0957. The second-order valence-electron chi connectivity index (χ2n) is 8.77. The summed E-state index contributed by atoms with van der Waals surface area (Å²) in [6.07, 6.45) is 4.31. The Balaban J connectivity index is 1.31. The van der Waals surface area contributed by atoms with Gasteiger partial charge in [-0.1, -0.05) is 0 Å². The lowest BCUT2D eigenvalue weighted by molar-refractivity contribution is -0.117. The second kappa shape index (κ2) is 11.2. The summed E-state index contributed by atoms with van der Waals surface area (Å²) in [6, 6.07) is 9.95. The molecule has 3 heterocycles. The van der Waals surface area contributed by atoms with Crippen molar-refractivity contribution >= 4 is 51.7 Å². The fraction of sp³-hybridized carbons (Fsp3) is 0.417. The molecule has 2 N–H and O–H groups in total. The van der Waals surface area contributed by atoms with Gasteiger partial charge < -0.3 is 10.2 Å². The number of aromatic nitrogens is 4. The number of thiazole rings is 1. The molecular formula is C24H27N9OS2. The number of aryl methyl sites for hydroxylation is 1. The van der Waals surface area contributed by atoms with Crippen molar-refractivity contribution in [2.24, 2.45) is 5.92 Å². The van der Waals surface area contributed by atoms with Gasteiger partial charge in [-0.15, -0.1) is 11.3 Å². The normalized spacial score (nSPS) is 15.9. The van der Waals surface area contributed by atoms with E-state index in [1.807, 2.05) is 37.4 Å². The maximum atomic E-state index is 12.0. The van der Waals surface area contributed by atoms with Crippen LogP contribution in [0.1, 0.15) is 24.1 Å². The highest BCUT2D eigenvalue weighted by Crippen LogP contribution is 2.32. The predicted molar refractivity (Wildman–Crippen MR) is 141 cm³/mol. The van der Waals surface area contributed by atoms with Gasteiger partial charge >= 0.3 is 0 Å². The van der Waals surface area contributed by atoms with E-state index in [1.165, 1.54) is 11.8 Å². The molecule has 186 valence electrons. The topological polar surface area (TPSA) is 123 Å². The van der Waals surface area contributed by atoms with Crippen molar-refractivity contribution < 1.29 is 4.79 Å². The lowest BCUT2D eigenvalue weighted by Crippen LogP contribution is -2.47. The quantitative estimate of drug-likeness (QED) is 0.428. The van der Waals surface area contributed by atoms with E-state index in [1.54, 1.807) is 11.3 Å². The van der Waals surface area contributed by atoms with Gasteiger partial charge in [0.15, 0.2) is 10.3 Å². The first-order valence-electron chi connectivity index (χ1n) is 11.9. The van der Waals surface area contributed by atoms with Crippen LogP contribution >= 0.6 is 23.1 Å². The number of piperazine rings is 1. The molecule has 0 unspecified atom stereocenters. The van der Waals surface area contributed by atoms with Crippen molar-refractivity contribution in [3.05, 3.63) is 35.3 Å². The molecule has 0 bridgehead atoms. The van der Waals surface area contributed by atoms with Gasteiger partial charge in [0.2, 0.25) is 17.8 Å². The molecular weight excluding hydrogens is 494 g/mol. The van der Waals surface area contributed by atoms with Crippen LogP contribution < -0.4 is 15.5 Å². The van der Waals surface area contributed by atoms with Gasteiger partial charge in [0.25, 0.3) is 0 Å². The molecule has 2 aliphatic rings. The smallest absolute Gasteiger partial charge is 0.234 e. The molecule has 10 nitrogen and oxygen atoms in total. The van der Waals surface area contributed by atoms with E-state index in [4.69, 9.17) is 10.2 Å². The number of amides is 1. The fourth-order valence-electron chi connectivity index (χ4n) is 3.78. The van der Waals surface area contributed by atoms with Crippen LogP contribution in [0.5, 0.6) is 0 Å². The number of nitriles is 1. The van der Waals surface area contributed by atoms with E-state index in [2.05, 4.69) is 41.5 Å². The van der Waals surface area contributed by atoms with Crippen LogP contribution in [-0.4, -0.2) is 63.5 Å². The number of anilines is 4. The number of nitrogens with one attached hydrogen (secondary N) is 2. The highest BCUT2D eigenvalue weighted by Gasteiger charge is 2.29. The molecule has 2 aromatic heterocycles. The first kappa shape index (κ1) is 24.4. The Morgan fingerprint density at radius 1 is 1.17 bits per heavy atom. The first-order valence-corrected chi connectivity index (χ1v) is 13.6. The lowest BCUT2D eigenvalue weighted by Gasteiger charge is -2.34. The van der Waals surface area contributed by atoms with E-state index in [-0.39, 0.29) is 11.8 Å². The largest absolute Gasteiger partial charge is 0.338 e. The molecule has 36 heavy (non-hydrogen) atoms. The molecule has 12 heteroatoms. The highest BCUT2D eigenvalue weighted by molar-refractivity contribution is 7.99. The van der Waals surface area contributed by atoms with Gasteiger partial charge in [-0.05, 0) is 55.8 Å². The maximum Gasteiger partial charge on any atom is 0.234 e. The van der Waals surface area contributed by atoms with Crippen LogP contribution in [0.25, 0.3) is 0 Å². The zero-order valence-corrected chi connectivity index (χ0v) is 21.6. The van der Waals surface area contributed by atoms with Crippen LogP contribution in [0.3, 0.4) is 0 Å². The number of carbonyl (C=O) groups excluding carboxylic acids is 1. The summed E-state index contributed by atoms with van der Waals surface area (Å²) in [5.41, 5.74) is 0.795. The lowest BCUT2D eigenvalue weighted by atomic mass is 10.3. The van der Waals surface area contributed by atoms with Gasteiger partial charge in [-0.3, -0.25) is 15.0 Å². The number of carbonyl (C=O) groups is 1. The van der Waals surface area contributed by atoms with Crippen LogP contribution in [0, 0.1) is 24.2 Å². The zero-order chi connectivity index (χ0) is 24.9. The molecule has 0 radical (unpaired) electrons. The Morgan fingerprint density at radius 2 is 1.94 bits per heavy atom. The zero-order valence-electron chi connectivity index (χ0n) is 20.0. The molecule has 1 amide bonds. The summed E-state index contributed by atoms with van der Waals surface area (Å²) in [4.78, 5) is 37.0. The van der Waals surface area contributed by atoms with Gasteiger partial charge in [0, 0.05) is 66.7 Å². The molecule has 0 spiro atoms. The number of rotatable bonds is 9. The van der Waals surface area contributed by atoms with Crippen molar-refractivity contribution in [3.8, 4) is 6.07 Å². The Kier molecular flexibility index (Phi) is 7.60. The van der Waals surface area contributed by atoms with Crippen LogP contribution in [-0.2, 0) is 4.79 Å². The third kappa shape index (κ3) is 6.48. The van der Waals surface area contributed by atoms with E-state index in [9.17, 15) is 4.79 Å². The highest BCUT2D eigenvalue weighted by atomic mass is 32.2. The molecule has 1 aliphatic carbocycles. The summed E-state index contributed by atoms with van der Waals surface area (Å²) >= 11 is 2.99. The van der Waals surface area contributed by atoms with Crippen LogP contribution in [0.4, 0.5) is 22.7 Å². The molecule has 1 aliphatic heterocycles. The van der Waals surface area contributed by atoms with Crippen molar-refractivity contribution in [1.29, 1.82) is 5.26 Å². The van der Waals surface area contributed by atoms with Crippen molar-refractivity contribution in [2.75, 3.05) is 48.3 Å². The summed E-state index contributed by atoms with van der Waals surface area (Å²) in [6.45, 7) is 6.08. The summed E-state index contributed by atoms with van der Waals surface area (Å²) in [5.74, 6) is 1.34. The van der Waals surface area contributed by atoms with Crippen molar-refractivity contribution in [1.82, 2.24) is 24.8 Å². The van der Waals surface area contributed by atoms with E-state index in [0.717, 1.165) is 66.2 Å². The summed E-state index contributed by atoms with van der Waals surface area (Å²) < 4.78 is 0. The van der Waals surface area contributed by atoms with Crippen LogP contribution in [0.2, 0.25) is 0 Å². The Bertz CT molecular complexity index is 1250. The van der Waals surface area contributed by atoms with Crippen molar-refractivity contribution in [2.45, 2.75) is 36.2 Å². The molecule has 1 saturated heterocycles. The van der Waals surface area contributed by atoms with Crippen LogP contribution in [0.15, 0.2) is 40.5 Å². The third-order valence-electron chi connectivity index (χ3n) is 5.92. The number of hydrogen-bond acceptors (Lipinski definition) is 11. The predicted octanol–water partition coefficient (Wildman–Crippen LogP) is 3.92. The number of benzene rings is 1. The molecule has 3 aromatic rings. The molecule has 5 rings (SSSR count). The molecule has 1 aromatic carbocycles. The monoisotopic (exact) mass is 521 g/mol.